The number of thiophene rings is 1. The summed E-state index contributed by atoms with van der Waals surface area (Å²) in [5.41, 5.74) is 5.45. The first kappa shape index (κ1) is 10.5. The first-order valence-corrected chi connectivity index (χ1v) is 5.22. The number of nitrogens with zero attached hydrogens (tertiary/aromatic N) is 2. The Balaban J connectivity index is 2.70. The van der Waals surface area contributed by atoms with Gasteiger partial charge in [-0.15, -0.1) is 11.3 Å². The van der Waals surface area contributed by atoms with Gasteiger partial charge >= 0.3 is 12.0 Å². The molecule has 0 fully saturated rings. The lowest BCUT2D eigenvalue weighted by Crippen LogP contribution is -2.08. The molecule has 0 saturated carbocycles. The molecular formula is C9H9N3O3S. The van der Waals surface area contributed by atoms with Gasteiger partial charge < -0.3 is 15.6 Å². The van der Waals surface area contributed by atoms with Crippen molar-refractivity contribution < 1.29 is 14.6 Å². The summed E-state index contributed by atoms with van der Waals surface area (Å²) in [6.07, 6.45) is 0. The summed E-state index contributed by atoms with van der Waals surface area (Å²) in [7, 11) is 1.41. The summed E-state index contributed by atoms with van der Waals surface area (Å²) in [5, 5.41) is 11.6. The lowest BCUT2D eigenvalue weighted by molar-refractivity contribution is 0.0688. The molecule has 0 spiro atoms. The highest BCUT2D eigenvalue weighted by Gasteiger charge is 2.23. The van der Waals surface area contributed by atoms with Crippen LogP contribution in [0.1, 0.15) is 10.5 Å². The van der Waals surface area contributed by atoms with Crippen LogP contribution >= 0.6 is 11.3 Å². The van der Waals surface area contributed by atoms with E-state index < -0.39 is 5.97 Å². The molecule has 0 unspecified atom stereocenters. The van der Waals surface area contributed by atoms with Gasteiger partial charge in [0.15, 0.2) is 11.5 Å². The smallest absolute Gasteiger partial charge is 0.356 e. The maximum atomic E-state index is 11.1. The number of carboxylic acid groups (broad SMARTS) is 1. The Morgan fingerprint density at radius 3 is 2.94 bits per heavy atom. The molecule has 0 aromatic carbocycles. The molecule has 0 bridgehead atoms. The van der Waals surface area contributed by atoms with Crippen molar-refractivity contribution in [2.24, 2.45) is 0 Å². The predicted octanol–water partition coefficient (Wildman–Crippen LogP) is 1.22. The summed E-state index contributed by atoms with van der Waals surface area (Å²) in [4.78, 5) is 14.9. The molecule has 2 aromatic heterocycles. The number of nitrogens with two attached hydrogens (primary N) is 1. The number of carboxylic acids is 1. The second-order valence-corrected chi connectivity index (χ2v) is 3.85. The molecule has 0 amide bonds. The predicted molar refractivity (Wildman–Crippen MR) is 59.4 cm³/mol. The Morgan fingerprint density at radius 2 is 2.44 bits per heavy atom. The summed E-state index contributed by atoms with van der Waals surface area (Å²) in [6.45, 7) is 0. The molecule has 2 heterocycles. The van der Waals surface area contributed by atoms with Crippen molar-refractivity contribution in [1.29, 1.82) is 0 Å². The largest absolute Gasteiger partial charge is 0.476 e. The number of carbonyl (C=O) groups is 1. The van der Waals surface area contributed by atoms with Crippen LogP contribution in [0.4, 0.5) is 5.82 Å². The van der Waals surface area contributed by atoms with E-state index in [4.69, 9.17) is 15.6 Å². The minimum atomic E-state index is -1.14. The highest BCUT2D eigenvalue weighted by molar-refractivity contribution is 7.12. The van der Waals surface area contributed by atoms with E-state index in [1.54, 1.807) is 12.1 Å². The second-order valence-electron chi connectivity index (χ2n) is 2.92. The van der Waals surface area contributed by atoms with Crippen molar-refractivity contribution in [3.8, 4) is 11.0 Å². The third-order valence-electron chi connectivity index (χ3n) is 1.99. The minimum absolute atomic E-state index is 0.0576. The summed E-state index contributed by atoms with van der Waals surface area (Å²) >= 11 is 1.37. The Labute approximate surface area is 94.9 Å². The zero-order valence-corrected chi connectivity index (χ0v) is 9.19. The van der Waals surface area contributed by atoms with E-state index in [-0.39, 0.29) is 17.5 Å². The fourth-order valence-corrected chi connectivity index (χ4v) is 2.09. The Hall–Kier alpha value is -2.02. The van der Waals surface area contributed by atoms with Crippen LogP contribution in [0, 0.1) is 0 Å². The lowest BCUT2D eigenvalue weighted by Gasteiger charge is -2.05. The van der Waals surface area contributed by atoms with Crippen molar-refractivity contribution in [3.05, 3.63) is 23.2 Å². The number of aromatic carboxylic acids is 1. The van der Waals surface area contributed by atoms with Gasteiger partial charge in [-0.2, -0.15) is 4.98 Å². The number of hydrogen-bond acceptors (Lipinski definition) is 5. The van der Waals surface area contributed by atoms with Crippen LogP contribution in [0.2, 0.25) is 0 Å². The zero-order chi connectivity index (χ0) is 11.7. The number of anilines is 1. The number of imidazole rings is 1. The van der Waals surface area contributed by atoms with Crippen molar-refractivity contribution in [3.63, 3.8) is 0 Å². The Kier molecular flexibility index (Phi) is 2.53. The molecule has 0 saturated heterocycles. The van der Waals surface area contributed by atoms with E-state index in [0.29, 0.717) is 5.00 Å². The van der Waals surface area contributed by atoms with Gasteiger partial charge in [0.2, 0.25) is 0 Å². The van der Waals surface area contributed by atoms with Gasteiger partial charge in [-0.3, -0.25) is 0 Å². The number of hydrogen-bond donors (Lipinski definition) is 2. The lowest BCUT2D eigenvalue weighted by atomic mass is 10.4. The van der Waals surface area contributed by atoms with Crippen molar-refractivity contribution >= 4 is 23.1 Å². The normalized spacial score (nSPS) is 10.3. The van der Waals surface area contributed by atoms with Crippen LogP contribution in [0.3, 0.4) is 0 Å². The maximum absolute atomic E-state index is 11.1. The second kappa shape index (κ2) is 3.86. The average molecular weight is 239 g/mol. The molecule has 0 aliphatic heterocycles. The standard InChI is InChI=1S/C9H9N3O3S/c1-15-9-11-7(10)6(8(13)14)12(9)5-3-2-4-16-5/h2-4H,10H2,1H3,(H,13,14). The van der Waals surface area contributed by atoms with E-state index in [0.717, 1.165) is 0 Å². The molecule has 0 radical (unpaired) electrons. The van der Waals surface area contributed by atoms with Crippen molar-refractivity contribution in [1.82, 2.24) is 9.55 Å². The van der Waals surface area contributed by atoms with E-state index in [1.807, 2.05) is 5.38 Å². The molecule has 2 rings (SSSR count). The fourth-order valence-electron chi connectivity index (χ4n) is 1.36. The molecule has 16 heavy (non-hydrogen) atoms. The van der Waals surface area contributed by atoms with Gasteiger partial charge in [-0.1, -0.05) is 0 Å². The number of aromatic nitrogens is 2. The van der Waals surface area contributed by atoms with Crippen LogP contribution in [0.5, 0.6) is 6.01 Å². The topological polar surface area (TPSA) is 90.4 Å². The third-order valence-corrected chi connectivity index (χ3v) is 2.84. The van der Waals surface area contributed by atoms with E-state index >= 15 is 0 Å². The summed E-state index contributed by atoms with van der Waals surface area (Å²) < 4.78 is 6.37. The number of nitrogen functional groups attached to an aromatic ring is 1. The zero-order valence-electron chi connectivity index (χ0n) is 8.38. The summed E-state index contributed by atoms with van der Waals surface area (Å²) in [6, 6.07) is 3.74. The molecule has 0 aliphatic carbocycles. The van der Waals surface area contributed by atoms with Gasteiger partial charge in [0.05, 0.1) is 7.11 Å². The maximum Gasteiger partial charge on any atom is 0.356 e. The SMILES string of the molecule is COc1nc(N)c(C(=O)O)n1-c1cccs1. The summed E-state index contributed by atoms with van der Waals surface area (Å²) in [5.74, 6) is -1.19. The highest BCUT2D eigenvalue weighted by atomic mass is 32.1. The molecule has 84 valence electrons. The van der Waals surface area contributed by atoms with Gasteiger partial charge in [-0.25, -0.2) is 9.36 Å². The number of rotatable bonds is 3. The van der Waals surface area contributed by atoms with Gasteiger partial charge in [-0.05, 0) is 17.5 Å². The highest BCUT2D eigenvalue weighted by Crippen LogP contribution is 2.27. The minimum Gasteiger partial charge on any atom is -0.476 e. The molecule has 0 atom stereocenters. The fraction of sp³-hybridized carbons (Fsp3) is 0.111. The van der Waals surface area contributed by atoms with Gasteiger partial charge in [0, 0.05) is 0 Å². The quantitative estimate of drug-likeness (QED) is 0.840. The Bertz CT molecular complexity index is 518. The monoisotopic (exact) mass is 239 g/mol. The van der Waals surface area contributed by atoms with E-state index in [2.05, 4.69) is 4.98 Å². The van der Waals surface area contributed by atoms with Gasteiger partial charge in [0.25, 0.3) is 0 Å². The molecule has 3 N–H and O–H groups in total. The molecule has 2 aromatic rings. The van der Waals surface area contributed by atoms with Crippen LogP contribution in [0.15, 0.2) is 17.5 Å². The first-order valence-electron chi connectivity index (χ1n) is 4.34. The molecular weight excluding hydrogens is 230 g/mol. The van der Waals surface area contributed by atoms with Crippen LogP contribution < -0.4 is 10.5 Å². The van der Waals surface area contributed by atoms with E-state index in [9.17, 15) is 4.79 Å². The average Bonchev–Trinajstić information content (AvgIpc) is 2.82. The van der Waals surface area contributed by atoms with Crippen molar-refractivity contribution in [2.45, 2.75) is 0 Å². The van der Waals surface area contributed by atoms with Crippen molar-refractivity contribution in [2.75, 3.05) is 12.8 Å². The first-order chi connectivity index (χ1) is 7.65. The van der Waals surface area contributed by atoms with Crippen LogP contribution in [0.25, 0.3) is 5.00 Å². The molecule has 6 nitrogen and oxygen atoms in total. The van der Waals surface area contributed by atoms with Gasteiger partial charge in [0.1, 0.15) is 5.00 Å². The molecule has 0 aliphatic rings. The van der Waals surface area contributed by atoms with Crippen LogP contribution in [-0.2, 0) is 0 Å². The Morgan fingerprint density at radius 1 is 1.69 bits per heavy atom. The number of methoxy groups -OCH3 is 1. The molecule has 7 heteroatoms. The van der Waals surface area contributed by atoms with E-state index in [1.165, 1.54) is 23.0 Å². The third kappa shape index (κ3) is 1.50. The number of ether oxygens (including phenoxy) is 1. The van der Waals surface area contributed by atoms with Crippen LogP contribution in [-0.4, -0.2) is 27.7 Å².